The molecule has 0 unspecified atom stereocenters. The van der Waals surface area contributed by atoms with Crippen molar-refractivity contribution in [3.63, 3.8) is 0 Å². The molecular weight excluding hydrogens is 280 g/mol. The highest BCUT2D eigenvalue weighted by Crippen LogP contribution is 2.29. The number of nitrogens with two attached hydrogens (primary N) is 1. The van der Waals surface area contributed by atoms with E-state index in [1.807, 2.05) is 0 Å². The number of anilines is 1. The van der Waals surface area contributed by atoms with Gasteiger partial charge < -0.3 is 10.7 Å². The van der Waals surface area contributed by atoms with Crippen LogP contribution in [0, 0.1) is 17.0 Å². The van der Waals surface area contributed by atoms with Crippen molar-refractivity contribution in [2.75, 3.05) is 5.73 Å². The Labute approximate surface area is 118 Å². The number of nitrogens with one attached hydrogen (secondary N) is 1. The van der Waals surface area contributed by atoms with Crippen molar-refractivity contribution < 1.29 is 4.92 Å². The Kier molecular flexibility index (Phi) is 4.04. The minimum Gasteiger partial charge on any atom is -0.393 e. The Balaban J connectivity index is 2.21. The van der Waals surface area contributed by atoms with E-state index in [4.69, 9.17) is 5.73 Å². The average molecular weight is 292 g/mol. The summed E-state index contributed by atoms with van der Waals surface area (Å²) in [6.45, 7) is 1.72. The van der Waals surface area contributed by atoms with Gasteiger partial charge in [-0.05, 0) is 12.5 Å². The van der Waals surface area contributed by atoms with Gasteiger partial charge in [0.1, 0.15) is 5.69 Å². The lowest BCUT2D eigenvalue weighted by Gasteiger charge is -2.05. The van der Waals surface area contributed by atoms with Gasteiger partial charge in [-0.1, -0.05) is 23.9 Å². The van der Waals surface area contributed by atoms with Gasteiger partial charge in [-0.25, -0.2) is 4.98 Å². The Morgan fingerprint density at radius 2 is 2.25 bits per heavy atom. The fourth-order valence-corrected chi connectivity index (χ4v) is 2.58. The molecule has 0 aliphatic carbocycles. The van der Waals surface area contributed by atoms with Crippen molar-refractivity contribution in [1.82, 2.24) is 9.97 Å². The number of aryl methyl sites for hydroxylation is 1. The minimum atomic E-state index is -0.518. The number of H-pyrrole nitrogens is 1. The minimum absolute atomic E-state index is 0.117. The summed E-state index contributed by atoms with van der Waals surface area (Å²) >= 11 is 1.27. The molecule has 7 nitrogen and oxygen atoms in total. The lowest BCUT2D eigenvalue weighted by molar-refractivity contribution is -0.383. The zero-order chi connectivity index (χ0) is 14.7. The van der Waals surface area contributed by atoms with Crippen LogP contribution in [0.1, 0.15) is 11.3 Å². The number of para-hydroxylation sites is 1. The number of nitro benzene ring substituents is 1. The van der Waals surface area contributed by atoms with E-state index in [0.29, 0.717) is 22.2 Å². The monoisotopic (exact) mass is 292 g/mol. The molecule has 2 rings (SSSR count). The molecule has 1 aromatic carbocycles. The standard InChI is InChI=1S/C12H12N4O3S/c1-7-5-10(17)15-12(14-7)20-6-8-3-2-4-9(11(8)13)16(18)19/h2-5H,6,13H2,1H3,(H,14,15,17). The maximum absolute atomic E-state index is 11.3. The molecule has 0 aliphatic rings. The maximum atomic E-state index is 11.3. The molecule has 3 N–H and O–H groups in total. The van der Waals surface area contributed by atoms with Crippen LogP contribution in [0.4, 0.5) is 11.4 Å². The van der Waals surface area contributed by atoms with E-state index >= 15 is 0 Å². The van der Waals surface area contributed by atoms with Gasteiger partial charge >= 0.3 is 0 Å². The highest BCUT2D eigenvalue weighted by Gasteiger charge is 2.14. The van der Waals surface area contributed by atoms with E-state index in [1.54, 1.807) is 19.1 Å². The Morgan fingerprint density at radius 1 is 1.50 bits per heavy atom. The SMILES string of the molecule is Cc1cc(=O)[nH]c(SCc2cccc([N+](=O)[O-])c2N)n1. The predicted octanol–water partition coefficient (Wildman–Crippen LogP) is 1.86. The van der Waals surface area contributed by atoms with Crippen LogP contribution < -0.4 is 11.3 Å². The molecule has 0 atom stereocenters. The van der Waals surface area contributed by atoms with Gasteiger partial charge in [0, 0.05) is 23.6 Å². The Bertz CT molecular complexity index is 714. The fourth-order valence-electron chi connectivity index (χ4n) is 1.65. The zero-order valence-electron chi connectivity index (χ0n) is 10.6. The summed E-state index contributed by atoms with van der Waals surface area (Å²) < 4.78 is 0. The molecule has 0 bridgehead atoms. The van der Waals surface area contributed by atoms with Crippen LogP contribution in [0.25, 0.3) is 0 Å². The van der Waals surface area contributed by atoms with Crippen LogP contribution in [-0.2, 0) is 5.75 Å². The lowest BCUT2D eigenvalue weighted by atomic mass is 10.2. The van der Waals surface area contributed by atoms with Gasteiger partial charge in [0.2, 0.25) is 0 Å². The van der Waals surface area contributed by atoms with Gasteiger partial charge in [-0.2, -0.15) is 0 Å². The summed E-state index contributed by atoms with van der Waals surface area (Å²) in [4.78, 5) is 28.4. The highest BCUT2D eigenvalue weighted by atomic mass is 32.2. The maximum Gasteiger partial charge on any atom is 0.292 e. The second-order valence-electron chi connectivity index (χ2n) is 4.09. The van der Waals surface area contributed by atoms with E-state index in [0.717, 1.165) is 0 Å². The Hall–Kier alpha value is -2.35. The average Bonchev–Trinajstić information content (AvgIpc) is 2.36. The second kappa shape index (κ2) is 5.74. The van der Waals surface area contributed by atoms with Crippen molar-refractivity contribution in [2.24, 2.45) is 0 Å². The number of thioether (sulfide) groups is 1. The van der Waals surface area contributed by atoms with Crippen LogP contribution in [0.3, 0.4) is 0 Å². The topological polar surface area (TPSA) is 115 Å². The number of hydrogen-bond donors (Lipinski definition) is 2. The molecule has 2 aromatic rings. The first-order valence-electron chi connectivity index (χ1n) is 5.70. The first-order valence-corrected chi connectivity index (χ1v) is 6.68. The molecule has 1 aromatic heterocycles. The smallest absolute Gasteiger partial charge is 0.292 e. The first-order chi connectivity index (χ1) is 9.47. The molecule has 0 spiro atoms. The summed E-state index contributed by atoms with van der Waals surface area (Å²) in [7, 11) is 0. The van der Waals surface area contributed by atoms with Crippen LogP contribution >= 0.6 is 11.8 Å². The van der Waals surface area contributed by atoms with E-state index in [2.05, 4.69) is 9.97 Å². The van der Waals surface area contributed by atoms with E-state index in [9.17, 15) is 14.9 Å². The number of rotatable bonds is 4. The van der Waals surface area contributed by atoms with Gasteiger partial charge in [0.05, 0.1) is 4.92 Å². The van der Waals surface area contributed by atoms with Crippen molar-refractivity contribution in [3.8, 4) is 0 Å². The van der Waals surface area contributed by atoms with Gasteiger partial charge in [0.15, 0.2) is 5.16 Å². The highest BCUT2D eigenvalue weighted by molar-refractivity contribution is 7.98. The number of nitrogens with zero attached hydrogens (tertiary/aromatic N) is 2. The van der Waals surface area contributed by atoms with E-state index < -0.39 is 4.92 Å². The number of aromatic amines is 1. The molecule has 8 heteroatoms. The Morgan fingerprint density at radius 3 is 2.90 bits per heavy atom. The normalized spacial score (nSPS) is 10.4. The number of benzene rings is 1. The van der Waals surface area contributed by atoms with E-state index in [-0.39, 0.29) is 16.9 Å². The van der Waals surface area contributed by atoms with Gasteiger partial charge in [-0.3, -0.25) is 14.9 Å². The summed E-state index contributed by atoms with van der Waals surface area (Å²) in [5, 5.41) is 11.3. The first kappa shape index (κ1) is 14.1. The summed E-state index contributed by atoms with van der Waals surface area (Å²) in [5.74, 6) is 0.389. The van der Waals surface area contributed by atoms with Crippen molar-refractivity contribution in [1.29, 1.82) is 0 Å². The summed E-state index contributed by atoms with van der Waals surface area (Å²) in [6.07, 6.45) is 0. The molecular formula is C12H12N4O3S. The van der Waals surface area contributed by atoms with E-state index in [1.165, 1.54) is 23.9 Å². The quantitative estimate of drug-likeness (QED) is 0.292. The third-order valence-corrected chi connectivity index (χ3v) is 3.50. The van der Waals surface area contributed by atoms with Crippen LogP contribution in [0.15, 0.2) is 34.2 Å². The largest absolute Gasteiger partial charge is 0.393 e. The zero-order valence-corrected chi connectivity index (χ0v) is 11.4. The number of nitro groups is 1. The van der Waals surface area contributed by atoms with Crippen LogP contribution in [0.5, 0.6) is 0 Å². The van der Waals surface area contributed by atoms with Crippen molar-refractivity contribution in [3.05, 3.63) is 56.0 Å². The number of aromatic nitrogens is 2. The fraction of sp³-hybridized carbons (Fsp3) is 0.167. The molecule has 1 heterocycles. The molecule has 0 saturated carbocycles. The molecule has 0 amide bonds. The second-order valence-corrected chi connectivity index (χ2v) is 5.05. The van der Waals surface area contributed by atoms with Crippen LogP contribution in [-0.4, -0.2) is 14.9 Å². The summed E-state index contributed by atoms with van der Waals surface area (Å²) in [5.41, 5.74) is 6.80. The number of hydrogen-bond acceptors (Lipinski definition) is 6. The molecule has 104 valence electrons. The molecule has 20 heavy (non-hydrogen) atoms. The third-order valence-electron chi connectivity index (χ3n) is 2.58. The third kappa shape index (κ3) is 3.15. The number of nitrogen functional groups attached to an aromatic ring is 1. The van der Waals surface area contributed by atoms with Gasteiger partial charge in [-0.15, -0.1) is 0 Å². The van der Waals surface area contributed by atoms with Crippen molar-refractivity contribution >= 4 is 23.1 Å². The van der Waals surface area contributed by atoms with Gasteiger partial charge in [0.25, 0.3) is 11.2 Å². The molecule has 0 saturated heterocycles. The predicted molar refractivity (Wildman–Crippen MR) is 76.7 cm³/mol. The summed E-state index contributed by atoms with van der Waals surface area (Å²) in [6, 6.07) is 6.04. The van der Waals surface area contributed by atoms with Crippen molar-refractivity contribution in [2.45, 2.75) is 17.8 Å². The molecule has 0 radical (unpaired) electrons. The molecule has 0 fully saturated rings. The molecule has 0 aliphatic heterocycles. The lowest BCUT2D eigenvalue weighted by Crippen LogP contribution is -2.08. The van der Waals surface area contributed by atoms with Crippen LogP contribution in [0.2, 0.25) is 0 Å².